The number of hydrogen-bond donors (Lipinski definition) is 0. The van der Waals surface area contributed by atoms with Crippen LogP contribution in [0.15, 0.2) is 200 Å². The van der Waals surface area contributed by atoms with Crippen LogP contribution in [0.5, 0.6) is 0 Å². The molecule has 0 saturated heterocycles. The molecule has 11 aromatic rings. The van der Waals surface area contributed by atoms with Gasteiger partial charge in [-0.05, 0) is 61.5 Å². The molecule has 4 heteroatoms. The third kappa shape index (κ3) is 5.78. The van der Waals surface area contributed by atoms with Crippen LogP contribution in [0.2, 0.25) is 0 Å². The highest BCUT2D eigenvalue weighted by Crippen LogP contribution is 2.44. The van der Waals surface area contributed by atoms with Crippen LogP contribution in [0.25, 0.3) is 109 Å². The highest BCUT2D eigenvalue weighted by Gasteiger charge is 2.21. The van der Waals surface area contributed by atoms with Crippen LogP contribution in [0, 0.1) is 0 Å². The molecule has 2 heterocycles. The molecule has 0 aliphatic heterocycles. The molecule has 57 heavy (non-hydrogen) atoms. The smallest absolute Gasteiger partial charge is 0.165 e. The lowest BCUT2D eigenvalue weighted by Gasteiger charge is -2.16. The van der Waals surface area contributed by atoms with E-state index in [1.807, 2.05) is 17.4 Å². The first-order valence-corrected chi connectivity index (χ1v) is 20.0. The molecule has 9 aromatic carbocycles. The minimum Gasteiger partial charge on any atom is -0.208 e. The van der Waals surface area contributed by atoms with Crippen LogP contribution in [0.1, 0.15) is 0 Å². The number of benzene rings is 9. The largest absolute Gasteiger partial charge is 0.208 e. The molecular formula is C53H33N3S. The number of thiophene rings is 1. The fourth-order valence-electron chi connectivity index (χ4n) is 8.24. The Kier molecular flexibility index (Phi) is 8.01. The van der Waals surface area contributed by atoms with Gasteiger partial charge >= 0.3 is 0 Å². The molecular weight excluding hydrogens is 711 g/mol. The lowest BCUT2D eigenvalue weighted by molar-refractivity contribution is 1.08. The minimum absolute atomic E-state index is 0.629. The summed E-state index contributed by atoms with van der Waals surface area (Å²) in [6.07, 6.45) is 0. The number of rotatable bonds is 6. The van der Waals surface area contributed by atoms with Crippen molar-refractivity contribution in [3.05, 3.63) is 200 Å². The quantitative estimate of drug-likeness (QED) is 0.170. The normalized spacial score (nSPS) is 11.5. The van der Waals surface area contributed by atoms with Crippen molar-refractivity contribution < 1.29 is 0 Å². The number of fused-ring (bicyclic) bond motifs is 5. The van der Waals surface area contributed by atoms with Crippen LogP contribution < -0.4 is 0 Å². The monoisotopic (exact) mass is 743 g/mol. The van der Waals surface area contributed by atoms with Crippen LogP contribution in [-0.4, -0.2) is 15.0 Å². The van der Waals surface area contributed by atoms with Crippen molar-refractivity contribution in [3.8, 4) is 67.5 Å². The summed E-state index contributed by atoms with van der Waals surface area (Å²) < 4.78 is 2.59. The van der Waals surface area contributed by atoms with E-state index in [0.29, 0.717) is 17.5 Å². The van der Waals surface area contributed by atoms with Crippen LogP contribution in [0.4, 0.5) is 0 Å². The van der Waals surface area contributed by atoms with Gasteiger partial charge in [-0.15, -0.1) is 11.3 Å². The average molecular weight is 744 g/mol. The lowest BCUT2D eigenvalue weighted by atomic mass is 9.93. The summed E-state index contributed by atoms with van der Waals surface area (Å²) in [5, 5.41) is 7.06. The van der Waals surface area contributed by atoms with Gasteiger partial charge in [0.1, 0.15) is 0 Å². The molecule has 0 radical (unpaired) electrons. The summed E-state index contributed by atoms with van der Waals surface area (Å²) in [6, 6.07) is 70.9. The Hall–Kier alpha value is -7.27. The minimum atomic E-state index is 0.629. The van der Waals surface area contributed by atoms with Crippen molar-refractivity contribution in [2.24, 2.45) is 0 Å². The van der Waals surface area contributed by atoms with Crippen molar-refractivity contribution in [1.82, 2.24) is 15.0 Å². The summed E-state index contributed by atoms with van der Waals surface area (Å²) >= 11 is 1.86. The molecule has 11 rings (SSSR count). The van der Waals surface area contributed by atoms with Gasteiger partial charge in [-0.2, -0.15) is 0 Å². The standard InChI is InChI=1S/C53H33N3S/c1-3-14-34(15-4-1)35-26-28-38(29-27-35)51-54-52(56-53(55-51)49-39-19-8-7-18-37(39)30-31-40(49)36-16-5-2-6-17-36)47-33-32-43(41-20-9-10-21-42(41)47)45-23-13-24-46-44-22-11-12-25-48(44)57-50(45)46/h1-33H. The SMILES string of the molecule is c1ccc(-c2ccc(-c3nc(-c4c(-c5ccccc5)ccc5ccccc45)nc(-c4ccc(-c5cccc6c5sc5ccccc56)c5ccccc45)n3)cc2)cc1. The fraction of sp³-hybridized carbons (Fsp3) is 0. The highest BCUT2D eigenvalue weighted by atomic mass is 32.1. The third-order valence-corrected chi connectivity index (χ3v) is 12.2. The van der Waals surface area contributed by atoms with E-state index in [4.69, 9.17) is 15.0 Å². The fourth-order valence-corrected chi connectivity index (χ4v) is 9.47. The molecule has 0 aliphatic rings. The Bertz CT molecular complexity index is 3280. The zero-order chi connectivity index (χ0) is 37.7. The Morgan fingerprint density at radius 3 is 1.61 bits per heavy atom. The maximum Gasteiger partial charge on any atom is 0.165 e. The third-order valence-electron chi connectivity index (χ3n) is 11.0. The van der Waals surface area contributed by atoms with E-state index in [0.717, 1.165) is 54.9 Å². The van der Waals surface area contributed by atoms with Crippen molar-refractivity contribution in [2.45, 2.75) is 0 Å². The topological polar surface area (TPSA) is 38.7 Å². The van der Waals surface area contributed by atoms with Crippen molar-refractivity contribution in [2.75, 3.05) is 0 Å². The van der Waals surface area contributed by atoms with E-state index in [1.165, 1.54) is 36.9 Å². The number of aromatic nitrogens is 3. The maximum atomic E-state index is 5.41. The van der Waals surface area contributed by atoms with E-state index in [2.05, 4.69) is 194 Å². The predicted molar refractivity (Wildman–Crippen MR) is 240 cm³/mol. The first-order chi connectivity index (χ1) is 28.3. The highest BCUT2D eigenvalue weighted by molar-refractivity contribution is 7.26. The van der Waals surface area contributed by atoms with Crippen molar-refractivity contribution in [3.63, 3.8) is 0 Å². The average Bonchev–Trinajstić information content (AvgIpc) is 3.68. The molecule has 0 aliphatic carbocycles. The van der Waals surface area contributed by atoms with E-state index in [9.17, 15) is 0 Å². The van der Waals surface area contributed by atoms with E-state index >= 15 is 0 Å². The summed E-state index contributed by atoms with van der Waals surface area (Å²) in [5.74, 6) is 1.91. The lowest BCUT2D eigenvalue weighted by Crippen LogP contribution is -2.02. The number of nitrogens with zero attached hydrogens (tertiary/aromatic N) is 3. The zero-order valence-electron chi connectivity index (χ0n) is 30.8. The first kappa shape index (κ1) is 33.1. The molecule has 0 amide bonds. The van der Waals surface area contributed by atoms with Crippen LogP contribution in [-0.2, 0) is 0 Å². The van der Waals surface area contributed by atoms with Gasteiger partial charge in [0.05, 0.1) is 0 Å². The number of hydrogen-bond acceptors (Lipinski definition) is 4. The molecule has 2 aromatic heterocycles. The Balaban J connectivity index is 1.15. The maximum absolute atomic E-state index is 5.41. The second-order valence-electron chi connectivity index (χ2n) is 14.3. The molecule has 0 bridgehead atoms. The van der Waals surface area contributed by atoms with Gasteiger partial charge in [0.2, 0.25) is 0 Å². The Morgan fingerprint density at radius 2 is 0.825 bits per heavy atom. The summed E-state index contributed by atoms with van der Waals surface area (Å²) in [7, 11) is 0. The second-order valence-corrected chi connectivity index (χ2v) is 15.4. The zero-order valence-corrected chi connectivity index (χ0v) is 31.6. The predicted octanol–water partition coefficient (Wildman–Crippen LogP) is 14.5. The second kappa shape index (κ2) is 13.8. The molecule has 3 nitrogen and oxygen atoms in total. The molecule has 0 saturated carbocycles. The van der Waals surface area contributed by atoms with Gasteiger partial charge in [0.15, 0.2) is 17.5 Å². The van der Waals surface area contributed by atoms with Gasteiger partial charge < -0.3 is 0 Å². The van der Waals surface area contributed by atoms with Gasteiger partial charge in [-0.1, -0.05) is 188 Å². The van der Waals surface area contributed by atoms with Gasteiger partial charge in [0.25, 0.3) is 0 Å². The van der Waals surface area contributed by atoms with E-state index in [1.54, 1.807) is 0 Å². The molecule has 266 valence electrons. The van der Waals surface area contributed by atoms with E-state index < -0.39 is 0 Å². The van der Waals surface area contributed by atoms with Crippen LogP contribution in [0.3, 0.4) is 0 Å². The van der Waals surface area contributed by atoms with E-state index in [-0.39, 0.29) is 0 Å². The van der Waals surface area contributed by atoms with Gasteiger partial charge in [0, 0.05) is 42.4 Å². The van der Waals surface area contributed by atoms with Gasteiger partial charge in [-0.25, -0.2) is 15.0 Å². The molecule has 0 atom stereocenters. The van der Waals surface area contributed by atoms with Crippen LogP contribution >= 0.6 is 11.3 Å². The summed E-state index contributed by atoms with van der Waals surface area (Å²) in [6.45, 7) is 0. The summed E-state index contributed by atoms with van der Waals surface area (Å²) in [4.78, 5) is 16.0. The van der Waals surface area contributed by atoms with Gasteiger partial charge in [-0.3, -0.25) is 0 Å². The van der Waals surface area contributed by atoms with Crippen molar-refractivity contribution in [1.29, 1.82) is 0 Å². The molecule has 0 fully saturated rings. The molecule has 0 N–H and O–H groups in total. The Morgan fingerprint density at radius 1 is 0.281 bits per heavy atom. The Labute approximate surface area is 334 Å². The molecule has 0 spiro atoms. The summed E-state index contributed by atoms with van der Waals surface area (Å²) in [5.41, 5.74) is 9.80. The van der Waals surface area contributed by atoms with Crippen molar-refractivity contribution >= 4 is 53.1 Å². The first-order valence-electron chi connectivity index (χ1n) is 19.2. The molecule has 0 unspecified atom stereocenters.